The van der Waals surface area contributed by atoms with Crippen LogP contribution in [0.15, 0.2) is 12.3 Å². The highest BCUT2D eigenvalue weighted by Gasteiger charge is 2.23. The second kappa shape index (κ2) is 7.76. The number of carbonyl (C=O) groups excluding carboxylic acids is 1. The van der Waals surface area contributed by atoms with E-state index in [-0.39, 0.29) is 22.4 Å². The summed E-state index contributed by atoms with van der Waals surface area (Å²) >= 11 is 5.69. The van der Waals surface area contributed by atoms with E-state index < -0.39 is 10.8 Å². The van der Waals surface area contributed by atoms with Crippen LogP contribution in [-0.2, 0) is 4.74 Å². The molecule has 1 aromatic heterocycles. The Bertz CT molecular complexity index is 490. The third kappa shape index (κ3) is 4.43. The van der Waals surface area contributed by atoms with Crippen LogP contribution in [0.4, 0.5) is 5.69 Å². The van der Waals surface area contributed by atoms with Gasteiger partial charge >= 0.3 is 0 Å². The molecule has 1 N–H and O–H groups in total. The summed E-state index contributed by atoms with van der Waals surface area (Å²) < 4.78 is 5.01. The van der Waals surface area contributed by atoms with Gasteiger partial charge in [0.25, 0.3) is 11.6 Å². The first-order valence-corrected chi connectivity index (χ1v) is 6.47. The Morgan fingerprint density at radius 1 is 1.65 bits per heavy atom. The predicted octanol–water partition coefficient (Wildman–Crippen LogP) is 2.19. The lowest BCUT2D eigenvalue weighted by Crippen LogP contribution is -2.38. The summed E-state index contributed by atoms with van der Waals surface area (Å²) in [5.41, 5.74) is -0.480. The quantitative estimate of drug-likeness (QED) is 0.473. The molecule has 0 saturated carbocycles. The zero-order valence-corrected chi connectivity index (χ0v) is 12.0. The van der Waals surface area contributed by atoms with Crippen LogP contribution < -0.4 is 5.32 Å². The first kappa shape index (κ1) is 16.3. The van der Waals surface area contributed by atoms with Crippen molar-refractivity contribution in [3.05, 3.63) is 33.1 Å². The number of nitrogens with one attached hydrogen (secondary N) is 1. The van der Waals surface area contributed by atoms with Gasteiger partial charge in [0.2, 0.25) is 0 Å². The van der Waals surface area contributed by atoms with Crippen LogP contribution >= 0.6 is 11.6 Å². The molecule has 1 atom stereocenters. The minimum Gasteiger partial charge on any atom is -0.383 e. The van der Waals surface area contributed by atoms with E-state index in [0.717, 1.165) is 12.6 Å². The highest BCUT2D eigenvalue weighted by Crippen LogP contribution is 2.20. The number of hydrogen-bond acceptors (Lipinski definition) is 5. The van der Waals surface area contributed by atoms with E-state index >= 15 is 0 Å². The first-order chi connectivity index (χ1) is 9.49. The van der Waals surface area contributed by atoms with E-state index in [1.54, 1.807) is 0 Å². The summed E-state index contributed by atoms with van der Waals surface area (Å²) in [4.78, 5) is 26.0. The molecule has 0 bridgehead atoms. The van der Waals surface area contributed by atoms with Crippen LogP contribution in [0.25, 0.3) is 0 Å². The van der Waals surface area contributed by atoms with Crippen LogP contribution in [0.3, 0.4) is 0 Å². The number of methoxy groups -OCH3 is 1. The molecule has 1 unspecified atom stereocenters. The third-order valence-corrected chi connectivity index (χ3v) is 2.84. The van der Waals surface area contributed by atoms with Crippen molar-refractivity contribution in [2.75, 3.05) is 13.7 Å². The van der Waals surface area contributed by atoms with Gasteiger partial charge in [-0.3, -0.25) is 14.9 Å². The molecule has 0 aliphatic rings. The lowest BCUT2D eigenvalue weighted by atomic mass is 10.1. The van der Waals surface area contributed by atoms with Gasteiger partial charge in [0.1, 0.15) is 16.9 Å². The van der Waals surface area contributed by atoms with Gasteiger partial charge in [0, 0.05) is 7.11 Å². The van der Waals surface area contributed by atoms with Crippen molar-refractivity contribution in [1.29, 1.82) is 0 Å². The molecule has 1 heterocycles. The highest BCUT2D eigenvalue weighted by molar-refractivity contribution is 6.29. The second-order valence-electron chi connectivity index (χ2n) is 4.20. The summed E-state index contributed by atoms with van der Waals surface area (Å²) in [5, 5.41) is 13.6. The van der Waals surface area contributed by atoms with Gasteiger partial charge in [0.05, 0.1) is 17.6 Å². The van der Waals surface area contributed by atoms with Crippen LogP contribution in [-0.4, -0.2) is 35.6 Å². The van der Waals surface area contributed by atoms with Crippen molar-refractivity contribution in [2.45, 2.75) is 25.8 Å². The molecule has 1 rings (SSSR count). The number of pyridine rings is 1. The fourth-order valence-corrected chi connectivity index (χ4v) is 1.92. The third-order valence-electron chi connectivity index (χ3n) is 2.63. The van der Waals surface area contributed by atoms with E-state index in [4.69, 9.17) is 16.3 Å². The SMILES string of the molecule is CCCC(COC)NC(=O)c1cc(Cl)ncc1[N+](=O)[O-]. The summed E-state index contributed by atoms with van der Waals surface area (Å²) in [6.45, 7) is 2.31. The number of nitro groups is 1. The van der Waals surface area contributed by atoms with Crippen molar-refractivity contribution in [3.63, 3.8) is 0 Å². The average Bonchev–Trinajstić information content (AvgIpc) is 2.38. The number of hydrogen-bond donors (Lipinski definition) is 1. The molecule has 0 radical (unpaired) electrons. The fourth-order valence-electron chi connectivity index (χ4n) is 1.76. The summed E-state index contributed by atoms with van der Waals surface area (Å²) in [6.07, 6.45) is 2.54. The first-order valence-electron chi connectivity index (χ1n) is 6.09. The number of rotatable bonds is 7. The van der Waals surface area contributed by atoms with E-state index in [0.29, 0.717) is 13.0 Å². The normalized spacial score (nSPS) is 11.9. The smallest absolute Gasteiger partial charge is 0.300 e. The van der Waals surface area contributed by atoms with Crippen LogP contribution in [0.1, 0.15) is 30.1 Å². The van der Waals surface area contributed by atoms with Gasteiger partial charge in [-0.15, -0.1) is 0 Å². The van der Waals surface area contributed by atoms with Crippen molar-refractivity contribution >= 4 is 23.2 Å². The van der Waals surface area contributed by atoms with Crippen molar-refractivity contribution in [3.8, 4) is 0 Å². The van der Waals surface area contributed by atoms with Crippen LogP contribution in [0.2, 0.25) is 5.15 Å². The van der Waals surface area contributed by atoms with Crippen molar-refractivity contribution in [1.82, 2.24) is 10.3 Å². The molecule has 1 amide bonds. The van der Waals surface area contributed by atoms with Gasteiger partial charge in [-0.05, 0) is 12.5 Å². The summed E-state index contributed by atoms with van der Waals surface area (Å²) in [7, 11) is 1.53. The zero-order chi connectivity index (χ0) is 15.1. The molecule has 20 heavy (non-hydrogen) atoms. The molecule has 110 valence electrons. The molecule has 0 aliphatic heterocycles. The lowest BCUT2D eigenvalue weighted by Gasteiger charge is -2.17. The Hall–Kier alpha value is -1.73. The zero-order valence-electron chi connectivity index (χ0n) is 11.3. The Kier molecular flexibility index (Phi) is 6.33. The Morgan fingerprint density at radius 2 is 2.35 bits per heavy atom. The minimum absolute atomic E-state index is 0.0273. The van der Waals surface area contributed by atoms with Crippen LogP contribution in [0.5, 0.6) is 0 Å². The van der Waals surface area contributed by atoms with Gasteiger partial charge in [-0.25, -0.2) is 4.98 Å². The average molecular weight is 302 g/mol. The number of aromatic nitrogens is 1. The molecule has 7 nitrogen and oxygen atoms in total. The Labute approximate surface area is 121 Å². The molecular weight excluding hydrogens is 286 g/mol. The largest absolute Gasteiger partial charge is 0.383 e. The number of carbonyl (C=O) groups is 1. The lowest BCUT2D eigenvalue weighted by molar-refractivity contribution is -0.385. The molecule has 0 spiro atoms. The van der Waals surface area contributed by atoms with Crippen LogP contribution in [0, 0.1) is 10.1 Å². The second-order valence-corrected chi connectivity index (χ2v) is 4.58. The topological polar surface area (TPSA) is 94.4 Å². The maximum atomic E-state index is 12.1. The van der Waals surface area contributed by atoms with E-state index in [1.807, 2.05) is 6.92 Å². The number of halogens is 1. The number of ether oxygens (including phenoxy) is 1. The number of amides is 1. The number of nitrogens with zero attached hydrogens (tertiary/aromatic N) is 2. The molecule has 0 fully saturated rings. The maximum absolute atomic E-state index is 12.1. The molecule has 0 aliphatic carbocycles. The van der Waals surface area contributed by atoms with E-state index in [1.165, 1.54) is 13.2 Å². The molecule has 0 aromatic carbocycles. The van der Waals surface area contributed by atoms with Crippen molar-refractivity contribution in [2.24, 2.45) is 0 Å². The molecule has 1 aromatic rings. The van der Waals surface area contributed by atoms with Gasteiger partial charge in [-0.2, -0.15) is 0 Å². The Balaban J connectivity index is 2.95. The molecule has 0 saturated heterocycles. The Morgan fingerprint density at radius 3 is 2.90 bits per heavy atom. The maximum Gasteiger partial charge on any atom is 0.300 e. The van der Waals surface area contributed by atoms with Crippen molar-refractivity contribution < 1.29 is 14.5 Å². The van der Waals surface area contributed by atoms with Gasteiger partial charge in [-0.1, -0.05) is 24.9 Å². The van der Waals surface area contributed by atoms with E-state index in [2.05, 4.69) is 10.3 Å². The molecular formula is C12H16ClN3O4. The standard InChI is InChI=1S/C12H16ClN3O4/c1-3-4-8(7-20-2)15-12(17)9-5-11(13)14-6-10(9)16(18)19/h5-6,8H,3-4,7H2,1-2H3,(H,15,17). The van der Waals surface area contributed by atoms with Gasteiger partial charge < -0.3 is 10.1 Å². The monoisotopic (exact) mass is 301 g/mol. The highest BCUT2D eigenvalue weighted by atomic mass is 35.5. The predicted molar refractivity (Wildman–Crippen MR) is 73.9 cm³/mol. The van der Waals surface area contributed by atoms with E-state index in [9.17, 15) is 14.9 Å². The summed E-state index contributed by atoms with van der Waals surface area (Å²) in [5.74, 6) is -0.559. The summed E-state index contributed by atoms with van der Waals surface area (Å²) in [6, 6.07) is 0.981. The minimum atomic E-state index is -0.663. The van der Waals surface area contributed by atoms with Gasteiger partial charge in [0.15, 0.2) is 0 Å². The molecule has 8 heteroatoms. The fraction of sp³-hybridized carbons (Fsp3) is 0.500.